The standard InChI is InChI=1S/C14H14FN3O/c1-2-18-8-10(7-17-18)14(16)13-6-9-5-11(15)3-4-12(9)19-13/h3-8,14H,2,16H2,1H3. The van der Waals surface area contributed by atoms with Crippen molar-refractivity contribution in [1.29, 1.82) is 0 Å². The number of aromatic nitrogens is 2. The fourth-order valence-electron chi connectivity index (χ4n) is 2.07. The van der Waals surface area contributed by atoms with Crippen LogP contribution in [-0.2, 0) is 6.54 Å². The summed E-state index contributed by atoms with van der Waals surface area (Å²) in [7, 11) is 0. The lowest BCUT2D eigenvalue weighted by molar-refractivity contribution is 0.524. The molecule has 19 heavy (non-hydrogen) atoms. The highest BCUT2D eigenvalue weighted by molar-refractivity contribution is 5.78. The molecule has 0 bridgehead atoms. The second-order valence-corrected chi connectivity index (χ2v) is 4.44. The molecule has 5 heteroatoms. The summed E-state index contributed by atoms with van der Waals surface area (Å²) in [5, 5.41) is 4.90. The van der Waals surface area contributed by atoms with Gasteiger partial charge >= 0.3 is 0 Å². The number of fused-ring (bicyclic) bond motifs is 1. The van der Waals surface area contributed by atoms with E-state index in [-0.39, 0.29) is 5.82 Å². The summed E-state index contributed by atoms with van der Waals surface area (Å²) < 4.78 is 20.6. The molecule has 98 valence electrons. The summed E-state index contributed by atoms with van der Waals surface area (Å²) in [6.45, 7) is 2.80. The van der Waals surface area contributed by atoms with Gasteiger partial charge in [0.05, 0.1) is 12.2 Å². The zero-order chi connectivity index (χ0) is 13.4. The Balaban J connectivity index is 1.98. The number of hydrogen-bond acceptors (Lipinski definition) is 3. The lowest BCUT2D eigenvalue weighted by Gasteiger charge is -2.04. The van der Waals surface area contributed by atoms with Gasteiger partial charge in [-0.05, 0) is 31.2 Å². The molecule has 0 amide bonds. The van der Waals surface area contributed by atoms with Crippen LogP contribution >= 0.6 is 0 Å². The Hall–Kier alpha value is -2.14. The van der Waals surface area contributed by atoms with Gasteiger partial charge in [0, 0.05) is 23.7 Å². The van der Waals surface area contributed by atoms with Crippen LogP contribution in [0.5, 0.6) is 0 Å². The molecule has 0 saturated carbocycles. The third-order valence-electron chi connectivity index (χ3n) is 3.14. The molecule has 1 unspecified atom stereocenters. The van der Waals surface area contributed by atoms with Gasteiger partial charge in [-0.3, -0.25) is 4.68 Å². The molecule has 3 rings (SSSR count). The van der Waals surface area contributed by atoms with Gasteiger partial charge < -0.3 is 10.2 Å². The fraction of sp³-hybridized carbons (Fsp3) is 0.214. The van der Waals surface area contributed by atoms with E-state index in [0.29, 0.717) is 16.7 Å². The first-order chi connectivity index (χ1) is 9.17. The molecule has 0 fully saturated rings. The Kier molecular flexibility index (Phi) is 2.83. The fourth-order valence-corrected chi connectivity index (χ4v) is 2.07. The van der Waals surface area contributed by atoms with E-state index in [9.17, 15) is 4.39 Å². The molecule has 4 nitrogen and oxygen atoms in total. The predicted octanol–water partition coefficient (Wildman–Crippen LogP) is 2.84. The van der Waals surface area contributed by atoms with Crippen molar-refractivity contribution >= 4 is 11.0 Å². The van der Waals surface area contributed by atoms with Crippen molar-refractivity contribution in [3.8, 4) is 0 Å². The Labute approximate surface area is 109 Å². The number of rotatable bonds is 3. The molecule has 1 atom stereocenters. The quantitative estimate of drug-likeness (QED) is 0.786. The molecule has 2 heterocycles. The van der Waals surface area contributed by atoms with Crippen LogP contribution in [0.1, 0.15) is 24.3 Å². The summed E-state index contributed by atoms with van der Waals surface area (Å²) in [6.07, 6.45) is 3.61. The summed E-state index contributed by atoms with van der Waals surface area (Å²) in [6, 6.07) is 5.79. The average molecular weight is 259 g/mol. The highest BCUT2D eigenvalue weighted by atomic mass is 19.1. The molecule has 3 aromatic rings. The van der Waals surface area contributed by atoms with Crippen molar-refractivity contribution in [2.24, 2.45) is 5.73 Å². The van der Waals surface area contributed by atoms with E-state index in [1.54, 1.807) is 23.0 Å². The first kappa shape index (κ1) is 11.9. The Bertz CT molecular complexity index is 716. The van der Waals surface area contributed by atoms with Crippen LogP contribution in [0.4, 0.5) is 4.39 Å². The largest absolute Gasteiger partial charge is 0.459 e. The Morgan fingerprint density at radius 1 is 1.42 bits per heavy atom. The predicted molar refractivity (Wildman–Crippen MR) is 70.1 cm³/mol. The summed E-state index contributed by atoms with van der Waals surface area (Å²) in [5.41, 5.74) is 7.66. The zero-order valence-electron chi connectivity index (χ0n) is 10.5. The van der Waals surface area contributed by atoms with E-state index in [4.69, 9.17) is 10.2 Å². The van der Waals surface area contributed by atoms with E-state index in [0.717, 1.165) is 12.1 Å². The van der Waals surface area contributed by atoms with E-state index in [1.165, 1.54) is 12.1 Å². The summed E-state index contributed by atoms with van der Waals surface area (Å²) >= 11 is 0. The van der Waals surface area contributed by atoms with Crippen molar-refractivity contribution < 1.29 is 8.81 Å². The SMILES string of the molecule is CCn1cc(C(N)c2cc3cc(F)ccc3o2)cn1. The maximum absolute atomic E-state index is 13.1. The van der Waals surface area contributed by atoms with Crippen molar-refractivity contribution in [2.45, 2.75) is 19.5 Å². The van der Waals surface area contributed by atoms with Gasteiger partial charge in [0.25, 0.3) is 0 Å². The van der Waals surface area contributed by atoms with Crippen LogP contribution in [-0.4, -0.2) is 9.78 Å². The Morgan fingerprint density at radius 3 is 3.00 bits per heavy atom. The van der Waals surface area contributed by atoms with Gasteiger partial charge in [0.1, 0.15) is 17.2 Å². The molecule has 0 aliphatic carbocycles. The van der Waals surface area contributed by atoms with Gasteiger partial charge in [-0.15, -0.1) is 0 Å². The van der Waals surface area contributed by atoms with Gasteiger partial charge in [-0.2, -0.15) is 5.10 Å². The van der Waals surface area contributed by atoms with Crippen LogP contribution in [0, 0.1) is 5.82 Å². The molecule has 2 aromatic heterocycles. The van der Waals surface area contributed by atoms with Crippen LogP contribution in [0.3, 0.4) is 0 Å². The van der Waals surface area contributed by atoms with Gasteiger partial charge in [-0.1, -0.05) is 0 Å². The minimum Gasteiger partial charge on any atom is -0.459 e. The van der Waals surface area contributed by atoms with Crippen molar-refractivity contribution in [3.63, 3.8) is 0 Å². The third-order valence-corrected chi connectivity index (χ3v) is 3.14. The highest BCUT2D eigenvalue weighted by Gasteiger charge is 2.16. The molecule has 0 radical (unpaired) electrons. The second-order valence-electron chi connectivity index (χ2n) is 4.44. The van der Waals surface area contributed by atoms with E-state index in [1.807, 2.05) is 13.1 Å². The first-order valence-corrected chi connectivity index (χ1v) is 6.14. The van der Waals surface area contributed by atoms with Crippen molar-refractivity contribution in [2.75, 3.05) is 0 Å². The molecule has 0 spiro atoms. The van der Waals surface area contributed by atoms with Crippen molar-refractivity contribution in [3.05, 3.63) is 53.8 Å². The van der Waals surface area contributed by atoms with Crippen LogP contribution in [0.2, 0.25) is 0 Å². The van der Waals surface area contributed by atoms with Gasteiger partial charge in [0.15, 0.2) is 0 Å². The monoisotopic (exact) mass is 259 g/mol. The minimum atomic E-state index is -0.393. The minimum absolute atomic E-state index is 0.285. The molecule has 0 saturated heterocycles. The normalized spacial score (nSPS) is 13.0. The van der Waals surface area contributed by atoms with Crippen molar-refractivity contribution in [1.82, 2.24) is 9.78 Å². The van der Waals surface area contributed by atoms with Crippen LogP contribution in [0.25, 0.3) is 11.0 Å². The molecule has 0 aliphatic heterocycles. The third kappa shape index (κ3) is 2.13. The number of benzene rings is 1. The number of nitrogens with two attached hydrogens (primary N) is 1. The number of halogens is 1. The number of nitrogens with zero attached hydrogens (tertiary/aromatic N) is 2. The lowest BCUT2D eigenvalue weighted by Crippen LogP contribution is -2.09. The second kappa shape index (κ2) is 4.51. The molecular formula is C14H14FN3O. The van der Waals surface area contributed by atoms with E-state index < -0.39 is 6.04 Å². The van der Waals surface area contributed by atoms with Crippen LogP contribution in [0.15, 0.2) is 41.1 Å². The number of aryl methyl sites for hydroxylation is 1. The zero-order valence-corrected chi connectivity index (χ0v) is 10.5. The average Bonchev–Trinajstić information content (AvgIpc) is 3.03. The lowest BCUT2D eigenvalue weighted by atomic mass is 10.1. The molecule has 0 aliphatic rings. The van der Waals surface area contributed by atoms with Gasteiger partial charge in [-0.25, -0.2) is 4.39 Å². The summed E-state index contributed by atoms with van der Waals surface area (Å²) in [5.74, 6) is 0.323. The smallest absolute Gasteiger partial charge is 0.134 e. The first-order valence-electron chi connectivity index (χ1n) is 6.14. The number of furan rings is 1. The topological polar surface area (TPSA) is 57.0 Å². The highest BCUT2D eigenvalue weighted by Crippen LogP contribution is 2.27. The molecule has 1 aromatic carbocycles. The van der Waals surface area contributed by atoms with E-state index in [2.05, 4.69) is 5.10 Å². The van der Waals surface area contributed by atoms with Crippen LogP contribution < -0.4 is 5.73 Å². The molecular weight excluding hydrogens is 245 g/mol. The maximum Gasteiger partial charge on any atom is 0.134 e. The Morgan fingerprint density at radius 2 is 2.26 bits per heavy atom. The number of hydrogen-bond donors (Lipinski definition) is 1. The summed E-state index contributed by atoms with van der Waals surface area (Å²) in [4.78, 5) is 0. The van der Waals surface area contributed by atoms with Gasteiger partial charge in [0.2, 0.25) is 0 Å². The maximum atomic E-state index is 13.1. The molecule has 2 N–H and O–H groups in total. The van der Waals surface area contributed by atoms with E-state index >= 15 is 0 Å².